The molecule has 0 aromatic carbocycles. The van der Waals surface area contributed by atoms with E-state index >= 15 is 0 Å². The SMILES string of the molecule is CNC(=O)CSCC(NC(C)=O)C(=O)O. The molecule has 1 atom stereocenters. The van der Waals surface area contributed by atoms with E-state index in [9.17, 15) is 14.4 Å². The number of nitrogens with one attached hydrogen (secondary N) is 2. The minimum Gasteiger partial charge on any atom is -0.480 e. The normalized spacial score (nSPS) is 11.6. The van der Waals surface area contributed by atoms with Gasteiger partial charge in [0.25, 0.3) is 0 Å². The number of carbonyl (C=O) groups is 3. The Morgan fingerprint density at radius 2 is 2.00 bits per heavy atom. The quantitative estimate of drug-likeness (QED) is 0.551. The summed E-state index contributed by atoms with van der Waals surface area (Å²) in [5.74, 6) is -1.33. The van der Waals surface area contributed by atoms with E-state index in [0.29, 0.717) is 0 Å². The summed E-state index contributed by atoms with van der Waals surface area (Å²) >= 11 is 1.16. The summed E-state index contributed by atoms with van der Waals surface area (Å²) in [7, 11) is 1.51. The van der Waals surface area contributed by atoms with E-state index in [4.69, 9.17) is 5.11 Å². The van der Waals surface area contributed by atoms with Crippen LogP contribution in [0.1, 0.15) is 6.92 Å². The standard InChI is InChI=1S/C8H14N2O4S/c1-5(11)10-6(8(13)14)3-15-4-7(12)9-2/h6H,3-4H2,1-2H3,(H,9,12)(H,10,11)(H,13,14). The van der Waals surface area contributed by atoms with Gasteiger partial charge in [0, 0.05) is 19.7 Å². The van der Waals surface area contributed by atoms with Crippen molar-refractivity contribution in [3.63, 3.8) is 0 Å². The second-order valence-corrected chi connectivity index (χ2v) is 3.81. The minimum absolute atomic E-state index is 0.169. The summed E-state index contributed by atoms with van der Waals surface area (Å²) in [4.78, 5) is 32.1. The van der Waals surface area contributed by atoms with E-state index in [1.54, 1.807) is 0 Å². The molecule has 7 heteroatoms. The van der Waals surface area contributed by atoms with Crippen molar-refractivity contribution in [1.29, 1.82) is 0 Å². The molecule has 0 saturated carbocycles. The highest BCUT2D eigenvalue weighted by Gasteiger charge is 2.18. The van der Waals surface area contributed by atoms with E-state index in [1.165, 1.54) is 14.0 Å². The highest BCUT2D eigenvalue weighted by Crippen LogP contribution is 2.02. The molecule has 0 aliphatic rings. The first-order valence-electron chi connectivity index (χ1n) is 4.25. The zero-order valence-electron chi connectivity index (χ0n) is 8.57. The van der Waals surface area contributed by atoms with Gasteiger partial charge in [0.2, 0.25) is 11.8 Å². The average Bonchev–Trinajstić information content (AvgIpc) is 2.15. The number of hydrogen-bond acceptors (Lipinski definition) is 4. The van der Waals surface area contributed by atoms with E-state index < -0.39 is 17.9 Å². The lowest BCUT2D eigenvalue weighted by Crippen LogP contribution is -2.41. The second-order valence-electron chi connectivity index (χ2n) is 2.78. The number of aliphatic carboxylic acids is 1. The second kappa shape index (κ2) is 7.10. The fraction of sp³-hybridized carbons (Fsp3) is 0.625. The molecule has 2 amide bonds. The largest absolute Gasteiger partial charge is 0.480 e. The Bertz CT molecular complexity index is 257. The molecule has 1 unspecified atom stereocenters. The molecule has 0 heterocycles. The summed E-state index contributed by atoms with van der Waals surface area (Å²) < 4.78 is 0. The van der Waals surface area contributed by atoms with Gasteiger partial charge in [-0.25, -0.2) is 4.79 Å². The summed E-state index contributed by atoms with van der Waals surface area (Å²) in [5.41, 5.74) is 0. The van der Waals surface area contributed by atoms with Gasteiger partial charge in [-0.3, -0.25) is 9.59 Å². The molecule has 3 N–H and O–H groups in total. The van der Waals surface area contributed by atoms with Gasteiger partial charge in [0.1, 0.15) is 6.04 Å². The van der Waals surface area contributed by atoms with Gasteiger partial charge in [-0.05, 0) is 0 Å². The lowest BCUT2D eigenvalue weighted by Gasteiger charge is -2.12. The summed E-state index contributed by atoms with van der Waals surface area (Å²) in [5, 5.41) is 13.4. The van der Waals surface area contributed by atoms with Crippen molar-refractivity contribution in [2.45, 2.75) is 13.0 Å². The van der Waals surface area contributed by atoms with Crippen molar-refractivity contribution >= 4 is 29.5 Å². The maximum Gasteiger partial charge on any atom is 0.327 e. The first kappa shape index (κ1) is 13.8. The maximum absolute atomic E-state index is 10.8. The number of rotatable bonds is 6. The van der Waals surface area contributed by atoms with Crippen LogP contribution >= 0.6 is 11.8 Å². The number of carboxylic acids is 1. The lowest BCUT2D eigenvalue weighted by molar-refractivity contribution is -0.140. The first-order chi connectivity index (χ1) is 6.97. The summed E-state index contributed by atoms with van der Waals surface area (Å²) in [6.45, 7) is 1.25. The van der Waals surface area contributed by atoms with Gasteiger partial charge >= 0.3 is 5.97 Å². The van der Waals surface area contributed by atoms with Crippen LogP contribution in [0.15, 0.2) is 0 Å². The summed E-state index contributed by atoms with van der Waals surface area (Å²) in [6.07, 6.45) is 0. The molecular weight excluding hydrogens is 220 g/mol. The van der Waals surface area contributed by atoms with Gasteiger partial charge < -0.3 is 15.7 Å². The van der Waals surface area contributed by atoms with Crippen molar-refractivity contribution in [3.8, 4) is 0 Å². The molecule has 0 aliphatic carbocycles. The van der Waals surface area contributed by atoms with Crippen LogP contribution in [-0.2, 0) is 14.4 Å². The molecule has 0 radical (unpaired) electrons. The average molecular weight is 234 g/mol. The van der Waals surface area contributed by atoms with Crippen LogP contribution in [0.4, 0.5) is 0 Å². The Kier molecular flexibility index (Phi) is 6.52. The highest BCUT2D eigenvalue weighted by molar-refractivity contribution is 8.00. The van der Waals surface area contributed by atoms with Gasteiger partial charge in [-0.1, -0.05) is 0 Å². The molecule has 6 nitrogen and oxygen atoms in total. The number of thioether (sulfide) groups is 1. The Morgan fingerprint density at radius 3 is 2.40 bits per heavy atom. The van der Waals surface area contributed by atoms with Crippen LogP contribution in [0.3, 0.4) is 0 Å². The molecule has 0 aromatic rings. The lowest BCUT2D eigenvalue weighted by atomic mass is 10.3. The van der Waals surface area contributed by atoms with Crippen LogP contribution in [-0.4, -0.2) is 47.5 Å². The highest BCUT2D eigenvalue weighted by atomic mass is 32.2. The molecule has 0 saturated heterocycles. The van der Waals surface area contributed by atoms with Crippen molar-refractivity contribution in [3.05, 3.63) is 0 Å². The predicted molar refractivity (Wildman–Crippen MR) is 56.6 cm³/mol. The third-order valence-electron chi connectivity index (χ3n) is 1.47. The molecule has 0 aliphatic heterocycles. The number of carbonyl (C=O) groups excluding carboxylic acids is 2. The monoisotopic (exact) mass is 234 g/mol. The van der Waals surface area contributed by atoms with Crippen LogP contribution in [0.5, 0.6) is 0 Å². The first-order valence-corrected chi connectivity index (χ1v) is 5.41. The van der Waals surface area contributed by atoms with Crippen molar-refractivity contribution in [2.24, 2.45) is 0 Å². The number of carboxylic acid groups (broad SMARTS) is 1. The fourth-order valence-corrected chi connectivity index (χ4v) is 1.67. The molecule has 0 rings (SSSR count). The predicted octanol–water partition coefficient (Wildman–Crippen LogP) is -0.945. The van der Waals surface area contributed by atoms with Gasteiger partial charge in [-0.2, -0.15) is 0 Å². The fourth-order valence-electron chi connectivity index (χ4n) is 0.762. The molecule has 0 spiro atoms. The van der Waals surface area contributed by atoms with Crippen LogP contribution < -0.4 is 10.6 Å². The van der Waals surface area contributed by atoms with Crippen LogP contribution in [0.2, 0.25) is 0 Å². The smallest absolute Gasteiger partial charge is 0.327 e. The van der Waals surface area contributed by atoms with Gasteiger partial charge in [0.15, 0.2) is 0 Å². The minimum atomic E-state index is -1.10. The molecule has 15 heavy (non-hydrogen) atoms. The zero-order valence-corrected chi connectivity index (χ0v) is 9.39. The van der Waals surface area contributed by atoms with Crippen molar-refractivity contribution in [1.82, 2.24) is 10.6 Å². The van der Waals surface area contributed by atoms with E-state index in [0.717, 1.165) is 11.8 Å². The molecular formula is C8H14N2O4S. The maximum atomic E-state index is 10.8. The topological polar surface area (TPSA) is 95.5 Å². The van der Waals surface area contributed by atoms with E-state index in [1.807, 2.05) is 0 Å². The van der Waals surface area contributed by atoms with Gasteiger partial charge in [-0.15, -0.1) is 11.8 Å². The summed E-state index contributed by atoms with van der Waals surface area (Å²) in [6, 6.07) is -0.947. The molecule has 0 aromatic heterocycles. The Labute approximate surface area is 91.8 Å². The Hall–Kier alpha value is -1.24. The van der Waals surface area contributed by atoms with Crippen molar-refractivity contribution < 1.29 is 19.5 Å². The van der Waals surface area contributed by atoms with E-state index in [2.05, 4.69) is 10.6 Å². The van der Waals surface area contributed by atoms with Crippen LogP contribution in [0.25, 0.3) is 0 Å². The van der Waals surface area contributed by atoms with Gasteiger partial charge in [0.05, 0.1) is 5.75 Å². The molecule has 0 bridgehead atoms. The Morgan fingerprint density at radius 1 is 1.40 bits per heavy atom. The molecule has 86 valence electrons. The Balaban J connectivity index is 3.91. The number of hydrogen-bond donors (Lipinski definition) is 3. The third kappa shape index (κ3) is 6.78. The molecule has 0 fully saturated rings. The van der Waals surface area contributed by atoms with E-state index in [-0.39, 0.29) is 17.4 Å². The zero-order chi connectivity index (χ0) is 11.8. The van der Waals surface area contributed by atoms with Crippen LogP contribution in [0, 0.1) is 0 Å². The van der Waals surface area contributed by atoms with Crippen molar-refractivity contribution in [2.75, 3.05) is 18.6 Å². The number of amides is 2. The third-order valence-corrected chi connectivity index (χ3v) is 2.51.